The molecular weight excluding hydrogens is 398 g/mol. The Hall–Kier alpha value is -2.08. The van der Waals surface area contributed by atoms with E-state index in [1.807, 2.05) is 30.3 Å². The standard InChI is InChI=1S/C24H30ClN3O2/c1-30-23-9-5-19(6-10-23)17-28(22-7-8-22)24(29)18-27-13-11-26(12-14-27)16-20-3-2-4-21(25)15-20/h2-6,9-10,15,22H,7-8,11-14,16-18H2,1H3. The summed E-state index contributed by atoms with van der Waals surface area (Å²) in [5, 5.41) is 0.786. The van der Waals surface area contributed by atoms with Crippen LogP contribution in [0.3, 0.4) is 0 Å². The highest BCUT2D eigenvalue weighted by Gasteiger charge is 2.33. The number of hydrogen-bond acceptors (Lipinski definition) is 4. The maximum absolute atomic E-state index is 13.1. The van der Waals surface area contributed by atoms with Crippen LogP contribution in [0, 0.1) is 0 Å². The predicted molar refractivity (Wildman–Crippen MR) is 120 cm³/mol. The van der Waals surface area contributed by atoms with Crippen LogP contribution in [0.5, 0.6) is 5.75 Å². The van der Waals surface area contributed by atoms with Crippen LogP contribution in [-0.2, 0) is 17.9 Å². The molecule has 30 heavy (non-hydrogen) atoms. The number of nitrogens with zero attached hydrogens (tertiary/aromatic N) is 3. The van der Waals surface area contributed by atoms with Crippen LogP contribution in [0.15, 0.2) is 48.5 Å². The molecule has 2 aromatic rings. The zero-order valence-corrected chi connectivity index (χ0v) is 18.4. The van der Waals surface area contributed by atoms with Gasteiger partial charge >= 0.3 is 0 Å². The van der Waals surface area contributed by atoms with Gasteiger partial charge in [0, 0.05) is 50.3 Å². The molecule has 2 aliphatic rings. The molecule has 2 aromatic carbocycles. The lowest BCUT2D eigenvalue weighted by atomic mass is 10.2. The smallest absolute Gasteiger partial charge is 0.237 e. The molecule has 0 radical (unpaired) electrons. The fraction of sp³-hybridized carbons (Fsp3) is 0.458. The number of halogens is 1. The summed E-state index contributed by atoms with van der Waals surface area (Å²) in [7, 11) is 1.67. The molecule has 0 spiro atoms. The van der Waals surface area contributed by atoms with Crippen molar-refractivity contribution in [2.45, 2.75) is 32.0 Å². The van der Waals surface area contributed by atoms with Gasteiger partial charge in [0.15, 0.2) is 0 Å². The lowest BCUT2D eigenvalue weighted by molar-refractivity contribution is -0.134. The maximum atomic E-state index is 13.1. The van der Waals surface area contributed by atoms with Gasteiger partial charge in [-0.3, -0.25) is 14.6 Å². The van der Waals surface area contributed by atoms with Crippen molar-refractivity contribution in [1.29, 1.82) is 0 Å². The Morgan fingerprint density at radius 1 is 1.03 bits per heavy atom. The molecule has 0 bridgehead atoms. The van der Waals surface area contributed by atoms with Crippen molar-refractivity contribution < 1.29 is 9.53 Å². The summed E-state index contributed by atoms with van der Waals surface area (Å²) in [6, 6.07) is 16.5. The number of carbonyl (C=O) groups excluding carboxylic acids is 1. The minimum absolute atomic E-state index is 0.247. The van der Waals surface area contributed by atoms with Crippen LogP contribution in [0.1, 0.15) is 24.0 Å². The number of amides is 1. The van der Waals surface area contributed by atoms with Crippen LogP contribution in [0.4, 0.5) is 0 Å². The lowest BCUT2D eigenvalue weighted by Crippen LogP contribution is -2.50. The molecule has 160 valence electrons. The molecule has 4 rings (SSSR count). The zero-order valence-electron chi connectivity index (χ0n) is 17.6. The van der Waals surface area contributed by atoms with Gasteiger partial charge in [0.1, 0.15) is 5.75 Å². The van der Waals surface area contributed by atoms with Crippen molar-refractivity contribution in [3.63, 3.8) is 0 Å². The number of hydrogen-bond donors (Lipinski definition) is 0. The third kappa shape index (κ3) is 5.75. The molecule has 1 heterocycles. The normalized spacial score (nSPS) is 17.7. The van der Waals surface area contributed by atoms with E-state index in [1.54, 1.807) is 7.11 Å². The molecule has 1 aliphatic heterocycles. The molecular formula is C24H30ClN3O2. The number of ether oxygens (including phenoxy) is 1. The quantitative estimate of drug-likeness (QED) is 0.644. The van der Waals surface area contributed by atoms with Crippen LogP contribution in [0.25, 0.3) is 0 Å². The van der Waals surface area contributed by atoms with Crippen LogP contribution in [-0.4, -0.2) is 66.5 Å². The van der Waals surface area contributed by atoms with E-state index < -0.39 is 0 Å². The summed E-state index contributed by atoms with van der Waals surface area (Å²) < 4.78 is 5.24. The van der Waals surface area contributed by atoms with Gasteiger partial charge in [-0.1, -0.05) is 35.9 Å². The first-order valence-corrected chi connectivity index (χ1v) is 11.1. The molecule has 0 unspecified atom stereocenters. The molecule has 0 aromatic heterocycles. The van der Waals surface area contributed by atoms with Gasteiger partial charge in [0.05, 0.1) is 13.7 Å². The first-order chi connectivity index (χ1) is 14.6. The van der Waals surface area contributed by atoms with E-state index in [2.05, 4.69) is 32.9 Å². The van der Waals surface area contributed by atoms with Crippen LogP contribution in [0.2, 0.25) is 5.02 Å². The fourth-order valence-electron chi connectivity index (χ4n) is 4.02. The minimum atomic E-state index is 0.247. The fourth-order valence-corrected chi connectivity index (χ4v) is 4.23. The zero-order chi connectivity index (χ0) is 20.9. The molecule has 5 nitrogen and oxygen atoms in total. The Morgan fingerprint density at radius 3 is 2.37 bits per heavy atom. The van der Waals surface area contributed by atoms with E-state index in [0.29, 0.717) is 19.1 Å². The number of rotatable bonds is 8. The Bertz CT molecular complexity index is 846. The topological polar surface area (TPSA) is 36.0 Å². The van der Waals surface area contributed by atoms with E-state index in [4.69, 9.17) is 16.3 Å². The highest BCUT2D eigenvalue weighted by atomic mass is 35.5. The molecule has 1 amide bonds. The van der Waals surface area contributed by atoms with E-state index in [1.165, 1.54) is 5.56 Å². The van der Waals surface area contributed by atoms with Crippen molar-refractivity contribution in [3.8, 4) is 5.75 Å². The molecule has 1 saturated carbocycles. The minimum Gasteiger partial charge on any atom is -0.497 e. The van der Waals surface area contributed by atoms with Gasteiger partial charge in [-0.2, -0.15) is 0 Å². The second kappa shape index (κ2) is 9.82. The monoisotopic (exact) mass is 427 g/mol. The van der Waals surface area contributed by atoms with Gasteiger partial charge in [-0.05, 0) is 48.2 Å². The van der Waals surface area contributed by atoms with Gasteiger partial charge in [0.25, 0.3) is 0 Å². The predicted octanol–water partition coefficient (Wildman–Crippen LogP) is 3.66. The Morgan fingerprint density at radius 2 is 1.73 bits per heavy atom. The van der Waals surface area contributed by atoms with E-state index >= 15 is 0 Å². The SMILES string of the molecule is COc1ccc(CN(C(=O)CN2CCN(Cc3cccc(Cl)c3)CC2)C2CC2)cc1. The van der Waals surface area contributed by atoms with Crippen molar-refractivity contribution in [2.24, 2.45) is 0 Å². The number of benzene rings is 2. The first kappa shape index (κ1) is 21.2. The van der Waals surface area contributed by atoms with Crippen molar-refractivity contribution in [3.05, 3.63) is 64.7 Å². The first-order valence-electron chi connectivity index (χ1n) is 10.7. The second-order valence-corrected chi connectivity index (χ2v) is 8.72. The summed E-state index contributed by atoms with van der Waals surface area (Å²) in [6.07, 6.45) is 2.24. The molecule has 0 atom stereocenters. The van der Waals surface area contributed by atoms with E-state index in [-0.39, 0.29) is 5.91 Å². The van der Waals surface area contributed by atoms with E-state index in [0.717, 1.165) is 61.9 Å². The summed E-state index contributed by atoms with van der Waals surface area (Å²) >= 11 is 6.10. The highest BCUT2D eigenvalue weighted by Crippen LogP contribution is 2.29. The van der Waals surface area contributed by atoms with Gasteiger partial charge < -0.3 is 9.64 Å². The van der Waals surface area contributed by atoms with Crippen molar-refractivity contribution in [2.75, 3.05) is 39.8 Å². The third-order valence-electron chi connectivity index (χ3n) is 5.94. The Balaban J connectivity index is 1.27. The number of carbonyl (C=O) groups is 1. The molecule has 6 heteroatoms. The van der Waals surface area contributed by atoms with Crippen molar-refractivity contribution in [1.82, 2.24) is 14.7 Å². The molecule has 0 N–H and O–H groups in total. The molecule has 2 fully saturated rings. The summed E-state index contributed by atoms with van der Waals surface area (Å²) in [5.74, 6) is 1.09. The summed E-state index contributed by atoms with van der Waals surface area (Å²) in [5.41, 5.74) is 2.40. The summed E-state index contributed by atoms with van der Waals surface area (Å²) in [4.78, 5) is 19.9. The molecule has 1 aliphatic carbocycles. The van der Waals surface area contributed by atoms with Gasteiger partial charge in [-0.15, -0.1) is 0 Å². The Labute approximate surface area is 184 Å². The number of methoxy groups -OCH3 is 1. The maximum Gasteiger partial charge on any atom is 0.237 e. The van der Waals surface area contributed by atoms with Crippen molar-refractivity contribution >= 4 is 17.5 Å². The summed E-state index contributed by atoms with van der Waals surface area (Å²) in [6.45, 7) is 5.90. The molecule has 1 saturated heterocycles. The van der Waals surface area contributed by atoms with Crippen LogP contribution < -0.4 is 4.74 Å². The van der Waals surface area contributed by atoms with Gasteiger partial charge in [0.2, 0.25) is 5.91 Å². The van der Waals surface area contributed by atoms with Gasteiger partial charge in [-0.25, -0.2) is 0 Å². The Kier molecular flexibility index (Phi) is 6.93. The number of piperazine rings is 1. The average Bonchev–Trinajstić information content (AvgIpc) is 3.59. The highest BCUT2D eigenvalue weighted by molar-refractivity contribution is 6.30. The second-order valence-electron chi connectivity index (χ2n) is 8.28. The lowest BCUT2D eigenvalue weighted by Gasteiger charge is -2.35. The largest absolute Gasteiger partial charge is 0.497 e. The third-order valence-corrected chi connectivity index (χ3v) is 6.17. The van der Waals surface area contributed by atoms with E-state index in [9.17, 15) is 4.79 Å². The average molecular weight is 428 g/mol. The van der Waals surface area contributed by atoms with Crippen LogP contribution >= 0.6 is 11.6 Å².